The van der Waals surface area contributed by atoms with Crippen molar-refractivity contribution >= 4 is 38.4 Å². The van der Waals surface area contributed by atoms with Crippen LogP contribution in [-0.4, -0.2) is 4.57 Å². The fourth-order valence-electron chi connectivity index (χ4n) is 1.88. The summed E-state index contributed by atoms with van der Waals surface area (Å²) >= 11 is 9.68. The third kappa shape index (κ3) is 1.29. The van der Waals surface area contributed by atoms with E-state index in [2.05, 4.69) is 38.8 Å². The summed E-state index contributed by atoms with van der Waals surface area (Å²) in [4.78, 5) is 0. The minimum absolute atomic E-state index is 0.686. The third-order valence-electron chi connectivity index (χ3n) is 2.67. The van der Waals surface area contributed by atoms with Crippen LogP contribution in [0.25, 0.3) is 10.9 Å². The Bertz CT molecular complexity index is 499. The maximum Gasteiger partial charge on any atom is 0.0673 e. The van der Waals surface area contributed by atoms with Crippen LogP contribution >= 0.6 is 27.5 Å². The Hall–Kier alpha value is -0.470. The van der Waals surface area contributed by atoms with Gasteiger partial charge in [0.05, 0.1) is 10.5 Å². The van der Waals surface area contributed by atoms with Gasteiger partial charge in [-0.25, -0.2) is 0 Å². The molecule has 2 aromatic rings. The van der Waals surface area contributed by atoms with Gasteiger partial charge in [-0.2, -0.15) is 0 Å². The minimum Gasteiger partial charge on any atom is -0.343 e. The van der Waals surface area contributed by atoms with Gasteiger partial charge in [-0.15, -0.1) is 0 Å². The molecule has 72 valence electrons. The van der Waals surface area contributed by atoms with Gasteiger partial charge < -0.3 is 4.57 Å². The molecule has 0 radical (unpaired) electrons. The smallest absolute Gasteiger partial charge is 0.0673 e. The van der Waals surface area contributed by atoms with Crippen molar-refractivity contribution in [3.63, 3.8) is 0 Å². The lowest BCUT2D eigenvalue weighted by Gasteiger charge is -2.04. The van der Waals surface area contributed by atoms with Gasteiger partial charge in [0.2, 0.25) is 0 Å². The van der Waals surface area contributed by atoms with Gasteiger partial charge in [0.25, 0.3) is 0 Å². The first-order chi connectivity index (χ1) is 6.75. The third-order valence-corrected chi connectivity index (χ3v) is 3.42. The van der Waals surface area contributed by atoms with Gasteiger partial charge in [0.15, 0.2) is 0 Å². The predicted octanol–water partition coefficient (Wildman–Crippen LogP) is 4.39. The Kier molecular flexibility index (Phi) is 1.89. The summed E-state index contributed by atoms with van der Waals surface area (Å²) in [5, 5.41) is 2.06. The van der Waals surface area contributed by atoms with Crippen molar-refractivity contribution in [1.82, 2.24) is 4.57 Å². The molecular formula is C11H9BrClN. The van der Waals surface area contributed by atoms with E-state index in [0.29, 0.717) is 6.04 Å². The van der Waals surface area contributed by atoms with Gasteiger partial charge in [-0.3, -0.25) is 0 Å². The van der Waals surface area contributed by atoms with Crippen molar-refractivity contribution in [2.75, 3.05) is 0 Å². The Morgan fingerprint density at radius 1 is 1.36 bits per heavy atom. The highest BCUT2D eigenvalue weighted by Gasteiger charge is 2.25. The lowest BCUT2D eigenvalue weighted by molar-refractivity contribution is 0.776. The molecule has 1 fully saturated rings. The molecular weight excluding hydrogens is 261 g/mol. The summed E-state index contributed by atoms with van der Waals surface area (Å²) < 4.78 is 3.34. The molecule has 0 unspecified atom stereocenters. The Morgan fingerprint density at radius 2 is 2.14 bits per heavy atom. The highest BCUT2D eigenvalue weighted by Crippen LogP contribution is 2.40. The number of halogens is 2. The van der Waals surface area contributed by atoms with E-state index in [9.17, 15) is 0 Å². The Balaban J connectivity index is 2.33. The topological polar surface area (TPSA) is 4.93 Å². The minimum atomic E-state index is 0.686. The summed E-state index contributed by atoms with van der Waals surface area (Å²) in [6.07, 6.45) is 4.72. The Morgan fingerprint density at radius 3 is 2.86 bits per heavy atom. The van der Waals surface area contributed by atoms with Crippen LogP contribution in [0, 0.1) is 0 Å². The highest BCUT2D eigenvalue weighted by molar-refractivity contribution is 9.10. The summed E-state index contributed by atoms with van der Waals surface area (Å²) in [7, 11) is 0. The molecule has 3 heteroatoms. The van der Waals surface area contributed by atoms with Gasteiger partial charge in [-0.05, 0) is 31.0 Å². The Labute approximate surface area is 95.8 Å². The SMILES string of the molecule is Clc1cc(Br)cc2ccn(C3CC3)c12. The van der Waals surface area contributed by atoms with Crippen LogP contribution < -0.4 is 0 Å². The molecule has 0 bridgehead atoms. The number of hydrogen-bond acceptors (Lipinski definition) is 0. The molecule has 1 saturated carbocycles. The molecule has 3 rings (SSSR count). The zero-order valence-electron chi connectivity index (χ0n) is 7.50. The lowest BCUT2D eigenvalue weighted by Crippen LogP contribution is -1.90. The van der Waals surface area contributed by atoms with Crippen LogP contribution in [-0.2, 0) is 0 Å². The molecule has 14 heavy (non-hydrogen) atoms. The number of benzene rings is 1. The maximum atomic E-state index is 6.23. The molecule has 1 aliphatic carbocycles. The van der Waals surface area contributed by atoms with Crippen molar-refractivity contribution in [3.8, 4) is 0 Å². The standard InChI is InChI=1S/C11H9BrClN/c12-8-5-7-3-4-14(9-1-2-9)11(7)10(13)6-8/h3-6,9H,1-2H2. The second-order valence-electron chi connectivity index (χ2n) is 3.78. The van der Waals surface area contributed by atoms with Crippen LogP contribution in [0.15, 0.2) is 28.9 Å². The number of rotatable bonds is 1. The van der Waals surface area contributed by atoms with Crippen molar-refractivity contribution in [1.29, 1.82) is 0 Å². The normalized spacial score (nSPS) is 16.4. The van der Waals surface area contributed by atoms with E-state index in [1.165, 1.54) is 23.7 Å². The van der Waals surface area contributed by atoms with E-state index >= 15 is 0 Å². The van der Waals surface area contributed by atoms with Crippen molar-refractivity contribution in [2.24, 2.45) is 0 Å². The van der Waals surface area contributed by atoms with Crippen LogP contribution in [0.5, 0.6) is 0 Å². The van der Waals surface area contributed by atoms with Gasteiger partial charge in [-0.1, -0.05) is 27.5 Å². The lowest BCUT2D eigenvalue weighted by atomic mass is 10.2. The summed E-state index contributed by atoms with van der Waals surface area (Å²) in [6, 6.07) is 6.89. The molecule has 1 aliphatic rings. The second kappa shape index (κ2) is 3.01. The number of hydrogen-bond donors (Lipinski definition) is 0. The zero-order valence-corrected chi connectivity index (χ0v) is 9.85. The predicted molar refractivity (Wildman–Crippen MR) is 62.9 cm³/mol. The number of fused-ring (bicyclic) bond motifs is 1. The van der Waals surface area contributed by atoms with Crippen molar-refractivity contribution in [2.45, 2.75) is 18.9 Å². The molecule has 0 spiro atoms. The second-order valence-corrected chi connectivity index (χ2v) is 5.10. The highest BCUT2D eigenvalue weighted by atomic mass is 79.9. The first-order valence-corrected chi connectivity index (χ1v) is 5.88. The van der Waals surface area contributed by atoms with Gasteiger partial charge >= 0.3 is 0 Å². The van der Waals surface area contributed by atoms with Crippen LogP contribution in [0.2, 0.25) is 5.02 Å². The first kappa shape index (κ1) is 8.81. The summed E-state index contributed by atoms with van der Waals surface area (Å²) in [5.41, 5.74) is 1.18. The van der Waals surface area contributed by atoms with E-state index in [4.69, 9.17) is 11.6 Å². The summed E-state index contributed by atoms with van der Waals surface area (Å²) in [6.45, 7) is 0. The molecule has 0 saturated heterocycles. The molecule has 1 aromatic heterocycles. The number of aromatic nitrogens is 1. The van der Waals surface area contributed by atoms with Crippen molar-refractivity contribution < 1.29 is 0 Å². The largest absolute Gasteiger partial charge is 0.343 e. The van der Waals surface area contributed by atoms with E-state index in [-0.39, 0.29) is 0 Å². The average molecular weight is 271 g/mol. The molecule has 0 N–H and O–H groups in total. The molecule has 0 amide bonds. The fourth-order valence-corrected chi connectivity index (χ4v) is 2.81. The average Bonchev–Trinajstić information content (AvgIpc) is 2.87. The van der Waals surface area contributed by atoms with Crippen LogP contribution in [0.1, 0.15) is 18.9 Å². The van der Waals surface area contributed by atoms with Gasteiger partial charge in [0.1, 0.15) is 0 Å². The van der Waals surface area contributed by atoms with Crippen molar-refractivity contribution in [3.05, 3.63) is 33.9 Å². The van der Waals surface area contributed by atoms with Gasteiger partial charge in [0, 0.05) is 22.1 Å². The summed E-state index contributed by atoms with van der Waals surface area (Å²) in [5.74, 6) is 0. The molecule has 0 atom stereocenters. The maximum absolute atomic E-state index is 6.23. The van der Waals surface area contributed by atoms with E-state index in [1.807, 2.05) is 6.07 Å². The molecule has 1 aromatic carbocycles. The molecule has 1 nitrogen and oxygen atoms in total. The quantitative estimate of drug-likeness (QED) is 0.724. The zero-order chi connectivity index (χ0) is 9.71. The van der Waals surface area contributed by atoms with E-state index in [1.54, 1.807) is 0 Å². The number of nitrogens with zero attached hydrogens (tertiary/aromatic N) is 1. The first-order valence-electron chi connectivity index (χ1n) is 4.71. The van der Waals surface area contributed by atoms with E-state index < -0.39 is 0 Å². The monoisotopic (exact) mass is 269 g/mol. The van der Waals surface area contributed by atoms with Crippen LogP contribution in [0.3, 0.4) is 0 Å². The van der Waals surface area contributed by atoms with E-state index in [0.717, 1.165) is 9.50 Å². The molecule has 1 heterocycles. The van der Waals surface area contributed by atoms with Crippen LogP contribution in [0.4, 0.5) is 0 Å². The fraction of sp³-hybridized carbons (Fsp3) is 0.273. The molecule has 0 aliphatic heterocycles.